The summed E-state index contributed by atoms with van der Waals surface area (Å²) in [6, 6.07) is 7.74. The van der Waals surface area contributed by atoms with Gasteiger partial charge in [0.2, 0.25) is 5.96 Å². The molecule has 0 aliphatic carbocycles. The lowest BCUT2D eigenvalue weighted by atomic mass is 10.2. The Morgan fingerprint density at radius 3 is 2.65 bits per heavy atom. The van der Waals surface area contributed by atoms with Crippen LogP contribution >= 0.6 is 22.9 Å². The van der Waals surface area contributed by atoms with Crippen molar-refractivity contribution in [3.63, 3.8) is 0 Å². The minimum atomic E-state index is -3.95. The van der Waals surface area contributed by atoms with Gasteiger partial charge in [-0.3, -0.25) is 0 Å². The number of nitrogens with two attached hydrogens (primary N) is 2. The second kappa shape index (κ2) is 8.88. The number of hydrogen-bond acceptors (Lipinski definition) is 7. The Balaban J connectivity index is 2.03. The van der Waals surface area contributed by atoms with E-state index >= 15 is 0 Å². The zero-order chi connectivity index (χ0) is 19.2. The molecule has 4 N–H and O–H groups in total. The zero-order valence-electron chi connectivity index (χ0n) is 13.8. The number of rotatable bonds is 8. The van der Waals surface area contributed by atoms with E-state index in [1.54, 1.807) is 19.1 Å². The van der Waals surface area contributed by atoms with Gasteiger partial charge in [-0.25, -0.2) is 0 Å². The predicted octanol–water partition coefficient (Wildman–Crippen LogP) is 2.51. The van der Waals surface area contributed by atoms with E-state index in [1.807, 2.05) is 0 Å². The molecule has 1 aromatic carbocycles. The molecule has 0 spiro atoms. The lowest BCUT2D eigenvalue weighted by molar-refractivity contribution is 0.329. The highest BCUT2D eigenvalue weighted by Gasteiger charge is 2.19. The van der Waals surface area contributed by atoms with Gasteiger partial charge < -0.3 is 20.4 Å². The van der Waals surface area contributed by atoms with Crippen molar-refractivity contribution in [2.45, 2.75) is 17.6 Å². The van der Waals surface area contributed by atoms with Crippen LogP contribution in [0.3, 0.4) is 0 Å². The molecule has 0 amide bonds. The van der Waals surface area contributed by atoms with Crippen molar-refractivity contribution in [2.24, 2.45) is 21.7 Å². The molecule has 0 saturated carbocycles. The molecule has 0 bridgehead atoms. The first-order chi connectivity index (χ1) is 12.3. The minimum absolute atomic E-state index is 0.0300. The van der Waals surface area contributed by atoms with Crippen LogP contribution in [-0.2, 0) is 10.1 Å². The van der Waals surface area contributed by atoms with Gasteiger partial charge >= 0.3 is 10.1 Å². The van der Waals surface area contributed by atoms with Gasteiger partial charge in [-0.1, -0.05) is 11.6 Å². The fraction of sp³-hybridized carbons (Fsp3) is 0.200. The van der Waals surface area contributed by atoms with Crippen molar-refractivity contribution in [1.29, 1.82) is 0 Å². The summed E-state index contributed by atoms with van der Waals surface area (Å²) in [5.74, 6) is 0.490. The first-order valence-corrected chi connectivity index (χ1v) is 9.91. The monoisotopic (exact) mass is 416 g/mol. The van der Waals surface area contributed by atoms with Gasteiger partial charge in [-0.2, -0.15) is 13.5 Å². The van der Waals surface area contributed by atoms with E-state index in [2.05, 4.69) is 10.2 Å². The molecule has 1 aromatic heterocycles. The number of aryl methyl sites for hydroxylation is 1. The number of halogens is 1. The third-order valence-electron chi connectivity index (χ3n) is 2.80. The maximum Gasteiger partial charge on any atom is 0.348 e. The molecule has 2 aromatic rings. The first-order valence-electron chi connectivity index (χ1n) is 7.31. The molecule has 0 aliphatic heterocycles. The highest BCUT2D eigenvalue weighted by molar-refractivity contribution is 7.89. The van der Waals surface area contributed by atoms with Gasteiger partial charge in [0, 0.05) is 18.7 Å². The van der Waals surface area contributed by atoms with E-state index in [9.17, 15) is 8.42 Å². The van der Waals surface area contributed by atoms with Gasteiger partial charge in [0.25, 0.3) is 0 Å². The molecule has 1 heterocycles. The van der Waals surface area contributed by atoms with Crippen LogP contribution in [0.5, 0.6) is 11.5 Å². The third-order valence-corrected chi connectivity index (χ3v) is 5.72. The predicted molar refractivity (Wildman–Crippen MR) is 103 cm³/mol. The minimum Gasteiger partial charge on any atom is -0.493 e. The van der Waals surface area contributed by atoms with Gasteiger partial charge in [-0.15, -0.1) is 16.4 Å². The molecular weight excluding hydrogens is 400 g/mol. The molecule has 2 rings (SSSR count). The number of benzene rings is 1. The second-order valence-electron chi connectivity index (χ2n) is 5.04. The highest BCUT2D eigenvalue weighted by atomic mass is 35.5. The molecule has 0 radical (unpaired) electrons. The van der Waals surface area contributed by atoms with Crippen LogP contribution in [-0.4, -0.2) is 27.2 Å². The quantitative estimate of drug-likeness (QED) is 0.223. The van der Waals surface area contributed by atoms with Crippen LogP contribution in [0.4, 0.5) is 0 Å². The summed E-state index contributed by atoms with van der Waals surface area (Å²) in [5, 5.41) is 7.10. The van der Waals surface area contributed by atoms with Crippen LogP contribution in [0.15, 0.2) is 44.7 Å². The summed E-state index contributed by atoms with van der Waals surface area (Å²) < 4.78 is 35.6. The van der Waals surface area contributed by atoms with E-state index in [1.165, 1.54) is 24.4 Å². The maximum atomic E-state index is 12.3. The Morgan fingerprint density at radius 1 is 1.27 bits per heavy atom. The number of guanidine groups is 1. The highest BCUT2D eigenvalue weighted by Crippen LogP contribution is 2.30. The van der Waals surface area contributed by atoms with Crippen molar-refractivity contribution >= 4 is 45.2 Å². The SMILES string of the molecule is Cc1cc(OCC/C=N/N=C(N)N)cc(OS(=O)(=O)c2ccc(Cl)s2)c1. The average molecular weight is 417 g/mol. The molecule has 140 valence electrons. The summed E-state index contributed by atoms with van der Waals surface area (Å²) in [5.41, 5.74) is 11.1. The summed E-state index contributed by atoms with van der Waals surface area (Å²) in [4.78, 5) is 0. The van der Waals surface area contributed by atoms with E-state index in [0.717, 1.165) is 16.9 Å². The van der Waals surface area contributed by atoms with Gasteiger partial charge in [0.15, 0.2) is 4.21 Å². The van der Waals surface area contributed by atoms with E-state index < -0.39 is 10.1 Å². The smallest absolute Gasteiger partial charge is 0.348 e. The van der Waals surface area contributed by atoms with Crippen LogP contribution < -0.4 is 20.4 Å². The summed E-state index contributed by atoms with van der Waals surface area (Å²) in [6.07, 6.45) is 1.96. The Hall–Kier alpha value is -2.30. The molecule has 26 heavy (non-hydrogen) atoms. The van der Waals surface area contributed by atoms with Gasteiger partial charge in [0.1, 0.15) is 11.5 Å². The summed E-state index contributed by atoms with van der Waals surface area (Å²) >= 11 is 6.70. The molecule has 0 saturated heterocycles. The summed E-state index contributed by atoms with van der Waals surface area (Å²) in [7, 11) is -3.95. The maximum absolute atomic E-state index is 12.3. The largest absolute Gasteiger partial charge is 0.493 e. The molecule has 8 nitrogen and oxygen atoms in total. The molecule has 0 unspecified atom stereocenters. The lowest BCUT2D eigenvalue weighted by Crippen LogP contribution is -2.21. The van der Waals surface area contributed by atoms with E-state index in [4.69, 9.17) is 32.0 Å². The fourth-order valence-electron chi connectivity index (χ4n) is 1.84. The number of ether oxygens (including phenoxy) is 1. The van der Waals surface area contributed by atoms with Crippen molar-refractivity contribution in [3.05, 3.63) is 40.2 Å². The van der Waals surface area contributed by atoms with Gasteiger partial charge in [-0.05, 0) is 36.8 Å². The normalized spacial score (nSPS) is 11.5. The molecule has 0 aliphatic rings. The molecular formula is C15H17ClN4O4S2. The lowest BCUT2D eigenvalue weighted by Gasteiger charge is -2.10. The third kappa shape index (κ3) is 6.21. The molecule has 0 fully saturated rings. The Bertz CT molecular complexity index is 921. The number of nitrogens with zero attached hydrogens (tertiary/aromatic N) is 2. The van der Waals surface area contributed by atoms with Crippen LogP contribution in [0.25, 0.3) is 0 Å². The van der Waals surface area contributed by atoms with E-state index in [-0.39, 0.29) is 15.9 Å². The fourth-order valence-corrected chi connectivity index (χ4v) is 4.20. The van der Waals surface area contributed by atoms with Crippen LogP contribution in [0.2, 0.25) is 4.34 Å². The zero-order valence-corrected chi connectivity index (χ0v) is 16.1. The van der Waals surface area contributed by atoms with Crippen molar-refractivity contribution in [3.8, 4) is 11.5 Å². The van der Waals surface area contributed by atoms with Crippen LogP contribution in [0.1, 0.15) is 12.0 Å². The van der Waals surface area contributed by atoms with Crippen LogP contribution in [0, 0.1) is 6.92 Å². The molecule has 11 heteroatoms. The number of hydrogen-bond donors (Lipinski definition) is 2. The van der Waals surface area contributed by atoms with Gasteiger partial charge in [0.05, 0.1) is 10.9 Å². The number of thiophene rings is 1. The summed E-state index contributed by atoms with van der Waals surface area (Å²) in [6.45, 7) is 2.11. The first kappa shape index (κ1) is 20.0. The van der Waals surface area contributed by atoms with Crippen molar-refractivity contribution in [1.82, 2.24) is 0 Å². The topological polar surface area (TPSA) is 129 Å². The second-order valence-corrected chi connectivity index (χ2v) is 8.53. The molecule has 0 atom stereocenters. The van der Waals surface area contributed by atoms with Crippen molar-refractivity contribution < 1.29 is 17.3 Å². The average Bonchev–Trinajstić information content (AvgIpc) is 2.97. The standard InChI is InChI=1S/C15H17ClN4O4S2/c1-10-7-11(23-6-2-5-19-20-15(17)18)9-12(8-10)24-26(21,22)14-4-3-13(16)25-14/h3-5,7-9H,2,6H2,1H3,(H4,17,18,20)/b19-5+. The Labute approximate surface area is 160 Å². The van der Waals surface area contributed by atoms with E-state index in [0.29, 0.717) is 23.1 Å². The Morgan fingerprint density at radius 2 is 2.00 bits per heavy atom. The Kier molecular flexibility index (Phi) is 6.83. The van der Waals surface area contributed by atoms with Crippen molar-refractivity contribution in [2.75, 3.05) is 6.61 Å².